The molecule has 174 valence electrons. The summed E-state index contributed by atoms with van der Waals surface area (Å²) in [5.41, 5.74) is 2.99. The number of aryl methyl sites for hydroxylation is 1. The Labute approximate surface area is 190 Å². The molecule has 2 unspecified atom stereocenters. The smallest absolute Gasteiger partial charge is 0.338 e. The summed E-state index contributed by atoms with van der Waals surface area (Å²) in [4.78, 5) is 43.7. The molecule has 2 atom stereocenters. The van der Waals surface area contributed by atoms with Crippen molar-refractivity contribution < 1.29 is 19.1 Å². The van der Waals surface area contributed by atoms with Gasteiger partial charge in [0.15, 0.2) is 0 Å². The number of benzene rings is 1. The molecule has 0 aromatic heterocycles. The highest BCUT2D eigenvalue weighted by Crippen LogP contribution is 2.32. The molecular weight excluding hydrogens is 408 g/mol. The van der Waals surface area contributed by atoms with Crippen LogP contribution in [0.4, 0.5) is 4.79 Å². The number of rotatable bonds is 6. The first-order chi connectivity index (χ1) is 15.3. The van der Waals surface area contributed by atoms with E-state index in [0.717, 1.165) is 11.1 Å². The van der Waals surface area contributed by atoms with E-state index in [1.165, 1.54) is 4.90 Å². The maximum Gasteiger partial charge on any atom is 0.338 e. The standard InChI is InChI=1S/C24H34N4O4/c1-6-20(29)28-12-11-27(14-17(28)4)15-19-21(23(30)32-7-2)22(25-24(31)26(19)5)18-10-8-9-16(3)13-18/h8-10,13,17,22H,6-7,11-12,14-15H2,1-5H3,(H,25,31). The maximum absolute atomic E-state index is 13.1. The first kappa shape index (κ1) is 23.8. The number of carbonyl (C=O) groups is 3. The minimum absolute atomic E-state index is 0.0677. The molecule has 32 heavy (non-hydrogen) atoms. The number of hydrogen-bond acceptors (Lipinski definition) is 5. The number of piperazine rings is 1. The van der Waals surface area contributed by atoms with Crippen LogP contribution in [0.2, 0.25) is 0 Å². The molecule has 1 fully saturated rings. The average Bonchev–Trinajstić information content (AvgIpc) is 2.76. The Hall–Kier alpha value is -2.87. The number of amides is 3. The molecule has 1 aromatic rings. The van der Waals surface area contributed by atoms with Crippen molar-refractivity contribution in [1.82, 2.24) is 20.0 Å². The van der Waals surface area contributed by atoms with Crippen molar-refractivity contribution in [3.63, 3.8) is 0 Å². The van der Waals surface area contributed by atoms with Crippen LogP contribution in [0.5, 0.6) is 0 Å². The summed E-state index contributed by atoms with van der Waals surface area (Å²) in [6.07, 6.45) is 0.490. The van der Waals surface area contributed by atoms with Gasteiger partial charge in [-0.2, -0.15) is 0 Å². The van der Waals surface area contributed by atoms with Crippen molar-refractivity contribution in [2.24, 2.45) is 0 Å². The SMILES string of the molecule is CCOC(=O)C1=C(CN2CCN(C(=O)CC)C(C)C2)N(C)C(=O)NC1c1cccc(C)c1. The summed E-state index contributed by atoms with van der Waals surface area (Å²) in [6.45, 7) is 10.3. The number of nitrogens with one attached hydrogen (secondary N) is 1. The van der Waals surface area contributed by atoms with Gasteiger partial charge in [-0.3, -0.25) is 14.6 Å². The van der Waals surface area contributed by atoms with Crippen molar-refractivity contribution in [2.75, 3.05) is 39.8 Å². The molecule has 3 amide bonds. The van der Waals surface area contributed by atoms with E-state index in [9.17, 15) is 14.4 Å². The third kappa shape index (κ3) is 4.96. The van der Waals surface area contributed by atoms with Gasteiger partial charge < -0.3 is 15.0 Å². The van der Waals surface area contributed by atoms with Crippen molar-refractivity contribution in [1.29, 1.82) is 0 Å². The Kier molecular flexibility index (Phi) is 7.56. The van der Waals surface area contributed by atoms with E-state index in [0.29, 0.717) is 43.9 Å². The van der Waals surface area contributed by atoms with E-state index >= 15 is 0 Å². The Morgan fingerprint density at radius 2 is 1.97 bits per heavy atom. The number of nitrogens with zero attached hydrogens (tertiary/aromatic N) is 3. The van der Waals surface area contributed by atoms with E-state index in [1.54, 1.807) is 14.0 Å². The average molecular weight is 443 g/mol. The van der Waals surface area contributed by atoms with Crippen LogP contribution in [-0.4, -0.2) is 78.5 Å². The van der Waals surface area contributed by atoms with Gasteiger partial charge in [0.2, 0.25) is 5.91 Å². The Balaban J connectivity index is 1.96. The zero-order valence-corrected chi connectivity index (χ0v) is 19.7. The number of esters is 1. The Bertz CT molecular complexity index is 913. The van der Waals surface area contributed by atoms with Crippen LogP contribution < -0.4 is 5.32 Å². The van der Waals surface area contributed by atoms with Gasteiger partial charge >= 0.3 is 12.0 Å². The van der Waals surface area contributed by atoms with Gasteiger partial charge in [-0.25, -0.2) is 9.59 Å². The molecule has 1 aromatic carbocycles. The molecule has 2 aliphatic rings. The maximum atomic E-state index is 13.1. The quantitative estimate of drug-likeness (QED) is 0.685. The third-order valence-corrected chi connectivity index (χ3v) is 6.16. The van der Waals surface area contributed by atoms with Gasteiger partial charge in [0.1, 0.15) is 0 Å². The van der Waals surface area contributed by atoms with E-state index in [4.69, 9.17) is 4.74 Å². The van der Waals surface area contributed by atoms with Gasteiger partial charge in [-0.15, -0.1) is 0 Å². The molecule has 2 aliphatic heterocycles. The molecule has 0 bridgehead atoms. The predicted molar refractivity (Wildman–Crippen MR) is 122 cm³/mol. The van der Waals surface area contributed by atoms with Crippen LogP contribution in [0.25, 0.3) is 0 Å². The summed E-state index contributed by atoms with van der Waals surface area (Å²) in [5, 5.41) is 2.96. The zero-order valence-electron chi connectivity index (χ0n) is 19.7. The second kappa shape index (κ2) is 10.2. The highest BCUT2D eigenvalue weighted by atomic mass is 16.5. The molecule has 0 spiro atoms. The largest absolute Gasteiger partial charge is 0.463 e. The summed E-state index contributed by atoms with van der Waals surface area (Å²) >= 11 is 0. The van der Waals surface area contributed by atoms with Gasteiger partial charge in [0.05, 0.1) is 18.2 Å². The second-order valence-electron chi connectivity index (χ2n) is 8.46. The number of hydrogen-bond donors (Lipinski definition) is 1. The second-order valence-corrected chi connectivity index (χ2v) is 8.46. The lowest BCUT2D eigenvalue weighted by Crippen LogP contribution is -2.56. The van der Waals surface area contributed by atoms with E-state index in [-0.39, 0.29) is 24.6 Å². The number of ether oxygens (including phenoxy) is 1. The lowest BCUT2D eigenvalue weighted by molar-refractivity contribution is -0.139. The van der Waals surface area contributed by atoms with Gasteiger partial charge in [-0.1, -0.05) is 36.8 Å². The van der Waals surface area contributed by atoms with Gasteiger partial charge in [-0.05, 0) is 26.3 Å². The molecule has 0 radical (unpaired) electrons. The zero-order chi connectivity index (χ0) is 23.4. The summed E-state index contributed by atoms with van der Waals surface area (Å²) in [5.74, 6) is -0.272. The Morgan fingerprint density at radius 3 is 2.59 bits per heavy atom. The van der Waals surface area contributed by atoms with Gasteiger partial charge in [0, 0.05) is 51.4 Å². The fraction of sp³-hybridized carbons (Fsp3) is 0.542. The van der Waals surface area contributed by atoms with Crippen LogP contribution >= 0.6 is 0 Å². The highest BCUT2D eigenvalue weighted by Gasteiger charge is 2.38. The molecule has 0 aliphatic carbocycles. The topological polar surface area (TPSA) is 82.2 Å². The Morgan fingerprint density at radius 1 is 1.22 bits per heavy atom. The molecule has 8 heteroatoms. The lowest BCUT2D eigenvalue weighted by atomic mass is 9.93. The molecule has 2 heterocycles. The first-order valence-corrected chi connectivity index (χ1v) is 11.3. The number of carbonyl (C=O) groups excluding carboxylic acids is 3. The highest BCUT2D eigenvalue weighted by molar-refractivity contribution is 5.95. The normalized spacial score (nSPS) is 22.1. The third-order valence-electron chi connectivity index (χ3n) is 6.16. The van der Waals surface area contributed by atoms with E-state index in [2.05, 4.69) is 10.2 Å². The van der Waals surface area contributed by atoms with Crippen LogP contribution in [-0.2, 0) is 14.3 Å². The monoisotopic (exact) mass is 442 g/mol. The van der Waals surface area contributed by atoms with E-state index < -0.39 is 12.0 Å². The predicted octanol–water partition coefficient (Wildman–Crippen LogP) is 2.45. The summed E-state index contributed by atoms with van der Waals surface area (Å²) in [7, 11) is 1.68. The van der Waals surface area contributed by atoms with Crippen molar-refractivity contribution in [2.45, 2.75) is 46.2 Å². The number of urea groups is 1. The first-order valence-electron chi connectivity index (χ1n) is 11.3. The minimum atomic E-state index is -0.576. The summed E-state index contributed by atoms with van der Waals surface area (Å²) < 4.78 is 5.40. The number of likely N-dealkylation sites (N-methyl/N-ethyl adjacent to an activating group) is 1. The van der Waals surface area contributed by atoms with Crippen LogP contribution in [0.15, 0.2) is 35.5 Å². The van der Waals surface area contributed by atoms with Crippen molar-refractivity contribution >= 4 is 17.9 Å². The van der Waals surface area contributed by atoms with Crippen LogP contribution in [0, 0.1) is 6.92 Å². The molecule has 1 saturated heterocycles. The van der Waals surface area contributed by atoms with Crippen LogP contribution in [0.1, 0.15) is 44.4 Å². The molecule has 3 rings (SSSR count). The van der Waals surface area contributed by atoms with Gasteiger partial charge in [0.25, 0.3) is 0 Å². The molecule has 8 nitrogen and oxygen atoms in total. The minimum Gasteiger partial charge on any atom is -0.463 e. The van der Waals surface area contributed by atoms with Crippen molar-refractivity contribution in [3.8, 4) is 0 Å². The molecular formula is C24H34N4O4. The van der Waals surface area contributed by atoms with E-state index in [1.807, 2.05) is 49.9 Å². The van der Waals surface area contributed by atoms with Crippen molar-refractivity contribution in [3.05, 3.63) is 46.7 Å². The molecule has 0 saturated carbocycles. The lowest BCUT2D eigenvalue weighted by Gasteiger charge is -2.42. The summed E-state index contributed by atoms with van der Waals surface area (Å²) in [6, 6.07) is 7.02. The fourth-order valence-corrected chi connectivity index (χ4v) is 4.46. The molecule has 1 N–H and O–H groups in total. The van der Waals surface area contributed by atoms with Crippen LogP contribution in [0.3, 0.4) is 0 Å². The fourth-order valence-electron chi connectivity index (χ4n) is 4.46.